The van der Waals surface area contributed by atoms with Crippen molar-refractivity contribution >= 4 is 29.0 Å². The minimum absolute atomic E-state index is 0.370. The average molecular weight is 316 g/mol. The quantitative estimate of drug-likeness (QED) is 0.660. The fraction of sp³-hybridized carbons (Fsp3) is 0.200. The third kappa shape index (κ3) is 4.49. The minimum Gasteiger partial charge on any atom is -0.465 e. The van der Waals surface area contributed by atoms with Crippen molar-refractivity contribution in [3.05, 3.63) is 53.6 Å². The number of ether oxygens (including phenoxy) is 1. The zero-order chi connectivity index (χ0) is 15.9. The lowest BCUT2D eigenvalue weighted by molar-refractivity contribution is 0.0601. The predicted octanol–water partition coefficient (Wildman–Crippen LogP) is 2.06. The highest BCUT2D eigenvalue weighted by Crippen LogP contribution is 2.10. The molecule has 6 nitrogen and oxygen atoms in total. The van der Waals surface area contributed by atoms with Gasteiger partial charge in [-0.2, -0.15) is 0 Å². The summed E-state index contributed by atoms with van der Waals surface area (Å²) < 4.78 is 4.64. The normalized spacial score (nSPS) is 9.91. The number of rotatable bonds is 4. The fourth-order valence-electron chi connectivity index (χ4n) is 1.66. The van der Waals surface area contributed by atoms with Crippen LogP contribution in [0.15, 0.2) is 36.7 Å². The number of aryl methyl sites for hydroxylation is 1. The van der Waals surface area contributed by atoms with Crippen molar-refractivity contribution in [1.29, 1.82) is 0 Å². The van der Waals surface area contributed by atoms with E-state index >= 15 is 0 Å². The number of nitrogens with one attached hydrogen (secondary N) is 2. The minimum atomic E-state index is -0.370. The summed E-state index contributed by atoms with van der Waals surface area (Å²) in [5.74, 6) is -0.370. The number of hydrogen-bond donors (Lipinski definition) is 2. The molecule has 1 aromatic carbocycles. The van der Waals surface area contributed by atoms with Crippen LogP contribution < -0.4 is 10.6 Å². The van der Waals surface area contributed by atoms with Gasteiger partial charge in [-0.15, -0.1) is 0 Å². The molecule has 0 saturated carbocycles. The molecule has 0 aliphatic rings. The summed E-state index contributed by atoms with van der Waals surface area (Å²) in [5.41, 5.74) is 2.94. The van der Waals surface area contributed by atoms with Crippen molar-refractivity contribution in [2.45, 2.75) is 13.5 Å². The van der Waals surface area contributed by atoms with Gasteiger partial charge in [-0.25, -0.2) is 4.79 Å². The van der Waals surface area contributed by atoms with E-state index in [0.29, 0.717) is 17.2 Å². The Morgan fingerprint density at radius 3 is 2.55 bits per heavy atom. The van der Waals surface area contributed by atoms with E-state index in [0.717, 1.165) is 17.1 Å². The van der Waals surface area contributed by atoms with E-state index in [1.807, 2.05) is 6.92 Å². The molecule has 0 unspecified atom stereocenters. The number of carbonyl (C=O) groups excluding carboxylic acids is 1. The predicted molar refractivity (Wildman–Crippen MR) is 87.6 cm³/mol. The summed E-state index contributed by atoms with van der Waals surface area (Å²) >= 11 is 5.21. The van der Waals surface area contributed by atoms with Crippen LogP contribution in [-0.4, -0.2) is 28.2 Å². The van der Waals surface area contributed by atoms with Gasteiger partial charge < -0.3 is 15.4 Å². The van der Waals surface area contributed by atoms with E-state index in [2.05, 4.69) is 25.3 Å². The van der Waals surface area contributed by atoms with Gasteiger partial charge in [0.05, 0.1) is 36.8 Å². The number of anilines is 1. The van der Waals surface area contributed by atoms with E-state index in [9.17, 15) is 4.79 Å². The number of thiocarbonyl (C=S) groups is 1. The number of methoxy groups -OCH3 is 1. The van der Waals surface area contributed by atoms with Crippen molar-refractivity contribution in [2.24, 2.45) is 0 Å². The molecule has 0 spiro atoms. The highest BCUT2D eigenvalue weighted by atomic mass is 32.1. The van der Waals surface area contributed by atoms with E-state index in [4.69, 9.17) is 12.2 Å². The summed E-state index contributed by atoms with van der Waals surface area (Å²) in [4.78, 5) is 19.7. The molecule has 7 heteroatoms. The molecule has 0 bridgehead atoms. The maximum absolute atomic E-state index is 11.3. The Bertz CT molecular complexity index is 656. The largest absolute Gasteiger partial charge is 0.465 e. The molecule has 1 aromatic heterocycles. The lowest BCUT2D eigenvalue weighted by Gasteiger charge is -2.10. The first-order valence-corrected chi connectivity index (χ1v) is 7.00. The van der Waals surface area contributed by atoms with Crippen LogP contribution in [0.1, 0.15) is 21.7 Å². The summed E-state index contributed by atoms with van der Waals surface area (Å²) in [7, 11) is 1.35. The number of aromatic nitrogens is 2. The van der Waals surface area contributed by atoms with Gasteiger partial charge in [-0.1, -0.05) is 0 Å². The van der Waals surface area contributed by atoms with Crippen LogP contribution in [0.3, 0.4) is 0 Å². The third-order valence-electron chi connectivity index (χ3n) is 2.83. The summed E-state index contributed by atoms with van der Waals surface area (Å²) in [5, 5.41) is 6.54. The first kappa shape index (κ1) is 15.8. The molecule has 2 rings (SSSR count). The van der Waals surface area contributed by atoms with Crippen molar-refractivity contribution in [1.82, 2.24) is 15.3 Å². The zero-order valence-electron chi connectivity index (χ0n) is 12.3. The van der Waals surface area contributed by atoms with Gasteiger partial charge in [0.1, 0.15) is 0 Å². The molecule has 0 atom stereocenters. The van der Waals surface area contributed by atoms with Gasteiger partial charge >= 0.3 is 5.97 Å². The Labute approximate surface area is 133 Å². The number of carbonyl (C=O) groups is 1. The molecule has 0 fully saturated rings. The molecule has 0 aliphatic heterocycles. The second kappa shape index (κ2) is 7.46. The zero-order valence-corrected chi connectivity index (χ0v) is 13.1. The SMILES string of the molecule is COC(=O)c1ccc(NC(=S)NCc2cnc(C)cn2)cc1. The topological polar surface area (TPSA) is 76.1 Å². The Morgan fingerprint density at radius 2 is 1.95 bits per heavy atom. The van der Waals surface area contributed by atoms with Crippen LogP contribution >= 0.6 is 12.2 Å². The lowest BCUT2D eigenvalue weighted by Crippen LogP contribution is -2.28. The number of esters is 1. The summed E-state index contributed by atoms with van der Waals surface area (Å²) in [6, 6.07) is 6.85. The van der Waals surface area contributed by atoms with Gasteiger partial charge in [0.2, 0.25) is 0 Å². The maximum atomic E-state index is 11.3. The first-order chi connectivity index (χ1) is 10.6. The Balaban J connectivity index is 1.86. The van der Waals surface area contributed by atoms with Gasteiger partial charge in [-0.05, 0) is 43.4 Å². The van der Waals surface area contributed by atoms with Crippen LogP contribution in [0.25, 0.3) is 0 Å². The van der Waals surface area contributed by atoms with Gasteiger partial charge in [0.25, 0.3) is 0 Å². The molecule has 0 aliphatic carbocycles. The molecule has 0 saturated heterocycles. The Kier molecular flexibility index (Phi) is 5.37. The van der Waals surface area contributed by atoms with E-state index < -0.39 is 0 Å². The molecular weight excluding hydrogens is 300 g/mol. The molecule has 2 aromatic rings. The number of hydrogen-bond acceptors (Lipinski definition) is 5. The highest BCUT2D eigenvalue weighted by Gasteiger charge is 2.05. The molecule has 0 amide bonds. The Morgan fingerprint density at radius 1 is 1.23 bits per heavy atom. The van der Waals surface area contributed by atoms with Crippen LogP contribution in [0.2, 0.25) is 0 Å². The number of nitrogens with zero attached hydrogens (tertiary/aromatic N) is 2. The summed E-state index contributed by atoms with van der Waals surface area (Å²) in [6.07, 6.45) is 3.41. The molecule has 1 heterocycles. The molecule has 2 N–H and O–H groups in total. The van der Waals surface area contributed by atoms with Crippen molar-refractivity contribution in [2.75, 3.05) is 12.4 Å². The van der Waals surface area contributed by atoms with E-state index in [1.54, 1.807) is 36.7 Å². The lowest BCUT2D eigenvalue weighted by atomic mass is 10.2. The second-order valence-electron chi connectivity index (χ2n) is 4.53. The maximum Gasteiger partial charge on any atom is 0.337 e. The van der Waals surface area contributed by atoms with Gasteiger partial charge in [-0.3, -0.25) is 9.97 Å². The van der Waals surface area contributed by atoms with E-state index in [-0.39, 0.29) is 5.97 Å². The van der Waals surface area contributed by atoms with Gasteiger partial charge in [0, 0.05) is 11.9 Å². The monoisotopic (exact) mass is 316 g/mol. The fourth-order valence-corrected chi connectivity index (χ4v) is 1.85. The Hall–Kier alpha value is -2.54. The first-order valence-electron chi connectivity index (χ1n) is 6.59. The van der Waals surface area contributed by atoms with Crippen LogP contribution in [0, 0.1) is 6.92 Å². The smallest absolute Gasteiger partial charge is 0.337 e. The molecular formula is C15H16N4O2S. The highest BCUT2D eigenvalue weighted by molar-refractivity contribution is 7.80. The third-order valence-corrected chi connectivity index (χ3v) is 3.07. The number of benzene rings is 1. The molecule has 22 heavy (non-hydrogen) atoms. The van der Waals surface area contributed by atoms with Crippen LogP contribution in [-0.2, 0) is 11.3 Å². The standard InChI is InChI=1S/C15H16N4O2S/c1-10-7-17-13(8-16-10)9-18-15(22)19-12-5-3-11(4-6-12)14(20)21-2/h3-8H,9H2,1-2H3,(H2,18,19,22). The van der Waals surface area contributed by atoms with Crippen LogP contribution in [0.5, 0.6) is 0 Å². The molecule has 114 valence electrons. The van der Waals surface area contributed by atoms with Crippen molar-refractivity contribution in [3.8, 4) is 0 Å². The molecule has 0 radical (unpaired) electrons. The second-order valence-corrected chi connectivity index (χ2v) is 4.93. The summed E-state index contributed by atoms with van der Waals surface area (Å²) in [6.45, 7) is 2.37. The van der Waals surface area contributed by atoms with Crippen LogP contribution in [0.4, 0.5) is 5.69 Å². The average Bonchev–Trinajstić information content (AvgIpc) is 2.54. The van der Waals surface area contributed by atoms with E-state index in [1.165, 1.54) is 7.11 Å². The van der Waals surface area contributed by atoms with Crippen molar-refractivity contribution < 1.29 is 9.53 Å². The van der Waals surface area contributed by atoms with Crippen molar-refractivity contribution in [3.63, 3.8) is 0 Å². The van der Waals surface area contributed by atoms with Gasteiger partial charge in [0.15, 0.2) is 5.11 Å².